The topological polar surface area (TPSA) is 61.0 Å². The number of hydrogen-bond donors (Lipinski definition) is 0. The lowest BCUT2D eigenvalue weighted by molar-refractivity contribution is -0.431. The van der Waals surface area contributed by atoms with Crippen molar-refractivity contribution in [2.75, 3.05) is 0 Å². The van der Waals surface area contributed by atoms with Gasteiger partial charge in [-0.15, -0.1) is 0 Å². The van der Waals surface area contributed by atoms with Crippen LogP contribution in [0.1, 0.15) is 32.9 Å². The third kappa shape index (κ3) is 2.92. The molecule has 0 saturated carbocycles. The molecule has 0 saturated heterocycles. The van der Waals surface area contributed by atoms with E-state index in [9.17, 15) is 10.1 Å². The summed E-state index contributed by atoms with van der Waals surface area (Å²) in [6, 6.07) is 0. The van der Waals surface area contributed by atoms with E-state index >= 15 is 0 Å². The first kappa shape index (κ1) is 12.4. The van der Waals surface area contributed by atoms with Crippen molar-refractivity contribution in [2.24, 2.45) is 5.92 Å². The van der Waals surface area contributed by atoms with E-state index in [0.717, 1.165) is 18.7 Å². The number of imidazole rings is 1. The molecule has 0 fully saturated rings. The summed E-state index contributed by atoms with van der Waals surface area (Å²) < 4.78 is 1.92. The number of nitrogens with zero attached hydrogens (tertiary/aromatic N) is 3. The Morgan fingerprint density at radius 3 is 2.88 bits per heavy atom. The number of nitro groups is 1. The number of rotatable bonds is 5. The van der Waals surface area contributed by atoms with E-state index in [-0.39, 0.29) is 16.5 Å². The molecule has 1 aromatic heterocycles. The molecule has 0 unspecified atom stereocenters. The van der Waals surface area contributed by atoms with Crippen molar-refractivity contribution in [1.29, 1.82) is 0 Å². The Morgan fingerprint density at radius 1 is 1.69 bits per heavy atom. The molecule has 0 aliphatic rings. The second-order valence-electron chi connectivity index (χ2n) is 3.99. The van der Waals surface area contributed by atoms with Crippen molar-refractivity contribution in [3.63, 3.8) is 0 Å². The van der Waals surface area contributed by atoms with E-state index in [1.165, 1.54) is 0 Å². The number of hydrogen-bond acceptors (Lipinski definition) is 3. The van der Waals surface area contributed by atoms with Gasteiger partial charge in [-0.1, -0.05) is 20.8 Å². The maximum atomic E-state index is 10.8. The van der Waals surface area contributed by atoms with Crippen molar-refractivity contribution < 1.29 is 4.92 Å². The quantitative estimate of drug-likeness (QED) is 0.569. The lowest BCUT2D eigenvalue weighted by Gasteiger charge is -2.04. The molecule has 0 aliphatic heterocycles. The molecule has 16 heavy (non-hydrogen) atoms. The maximum absolute atomic E-state index is 10.8. The summed E-state index contributed by atoms with van der Waals surface area (Å²) in [5.41, 5.74) is 1.01. The average Bonchev–Trinajstić information content (AvgIpc) is 2.61. The normalized spacial score (nSPS) is 12.1. The molecular weight excluding hydrogens is 206 g/mol. The van der Waals surface area contributed by atoms with Crippen LogP contribution in [0, 0.1) is 16.0 Å². The molecule has 0 N–H and O–H groups in total. The highest BCUT2D eigenvalue weighted by molar-refractivity contribution is 5.46. The standard InChI is InChI=1S/C11H17N3O2/c1-4-5-13-8-12-7-10(13)6-11(9(2)3)14(15)16/h6-9H,4-5H2,1-3H3/b11-6-. The molecule has 0 amide bonds. The molecule has 0 spiro atoms. The van der Waals surface area contributed by atoms with E-state index in [1.807, 2.05) is 18.4 Å². The third-order valence-corrected chi connectivity index (χ3v) is 2.31. The average molecular weight is 223 g/mol. The zero-order chi connectivity index (χ0) is 12.1. The summed E-state index contributed by atoms with van der Waals surface area (Å²) in [4.78, 5) is 14.5. The van der Waals surface area contributed by atoms with E-state index in [4.69, 9.17) is 0 Å². The van der Waals surface area contributed by atoms with Gasteiger partial charge in [0.1, 0.15) is 0 Å². The van der Waals surface area contributed by atoms with Gasteiger partial charge in [-0.2, -0.15) is 0 Å². The Labute approximate surface area is 95.0 Å². The molecule has 0 radical (unpaired) electrons. The summed E-state index contributed by atoms with van der Waals surface area (Å²) in [5, 5.41) is 10.8. The summed E-state index contributed by atoms with van der Waals surface area (Å²) in [5.74, 6) is -0.0972. The minimum atomic E-state index is -0.325. The fraction of sp³-hybridized carbons (Fsp3) is 0.545. The third-order valence-electron chi connectivity index (χ3n) is 2.31. The number of aryl methyl sites for hydroxylation is 1. The van der Waals surface area contributed by atoms with Gasteiger partial charge < -0.3 is 4.57 Å². The second kappa shape index (κ2) is 5.44. The highest BCUT2D eigenvalue weighted by atomic mass is 16.6. The number of aromatic nitrogens is 2. The number of allylic oxidation sites excluding steroid dienone is 1. The highest BCUT2D eigenvalue weighted by Gasteiger charge is 2.16. The summed E-state index contributed by atoms with van der Waals surface area (Å²) in [7, 11) is 0. The Bertz CT molecular complexity index is 394. The van der Waals surface area contributed by atoms with Gasteiger partial charge in [-0.25, -0.2) is 4.98 Å². The summed E-state index contributed by atoms with van der Waals surface area (Å²) >= 11 is 0. The van der Waals surface area contributed by atoms with Crippen molar-refractivity contribution >= 4 is 6.08 Å². The Morgan fingerprint density at radius 2 is 2.38 bits per heavy atom. The van der Waals surface area contributed by atoms with Gasteiger partial charge in [0, 0.05) is 18.5 Å². The lowest BCUT2D eigenvalue weighted by atomic mass is 10.1. The van der Waals surface area contributed by atoms with Crippen LogP contribution in [0.25, 0.3) is 6.08 Å². The predicted octanol–water partition coefficient (Wildman–Crippen LogP) is 2.57. The minimum Gasteiger partial charge on any atom is -0.331 e. The molecule has 1 heterocycles. The van der Waals surface area contributed by atoms with Crippen LogP contribution in [0.15, 0.2) is 18.2 Å². The molecule has 5 nitrogen and oxygen atoms in total. The van der Waals surface area contributed by atoms with Gasteiger partial charge in [0.2, 0.25) is 0 Å². The maximum Gasteiger partial charge on any atom is 0.250 e. The Kier molecular flexibility index (Phi) is 4.22. The van der Waals surface area contributed by atoms with Crippen LogP contribution < -0.4 is 0 Å². The molecule has 0 aliphatic carbocycles. The Balaban J connectivity index is 3.03. The summed E-state index contributed by atoms with van der Waals surface area (Å²) in [6.45, 7) is 6.52. The molecule has 0 aromatic carbocycles. The van der Waals surface area contributed by atoms with Crippen LogP contribution >= 0.6 is 0 Å². The van der Waals surface area contributed by atoms with Gasteiger partial charge in [-0.05, 0) is 6.42 Å². The first-order chi connectivity index (χ1) is 7.56. The monoisotopic (exact) mass is 223 g/mol. The SMILES string of the molecule is CCCn1cncc1/C=C(/C(C)C)[N+](=O)[O-]. The minimum absolute atomic E-state index is 0.0972. The second-order valence-corrected chi connectivity index (χ2v) is 3.99. The first-order valence-corrected chi connectivity index (χ1v) is 5.42. The fourth-order valence-electron chi connectivity index (χ4n) is 1.46. The highest BCUT2D eigenvalue weighted by Crippen LogP contribution is 2.15. The Hall–Kier alpha value is -1.65. The van der Waals surface area contributed by atoms with E-state index < -0.39 is 0 Å². The largest absolute Gasteiger partial charge is 0.331 e. The zero-order valence-electron chi connectivity index (χ0n) is 9.88. The van der Waals surface area contributed by atoms with Crippen molar-refractivity contribution in [3.05, 3.63) is 34.0 Å². The van der Waals surface area contributed by atoms with E-state index in [2.05, 4.69) is 11.9 Å². The van der Waals surface area contributed by atoms with E-state index in [1.54, 1.807) is 18.6 Å². The molecule has 88 valence electrons. The molecule has 5 heteroatoms. The van der Waals surface area contributed by atoms with Crippen LogP contribution in [0.2, 0.25) is 0 Å². The first-order valence-electron chi connectivity index (χ1n) is 5.42. The predicted molar refractivity (Wildman–Crippen MR) is 62.3 cm³/mol. The van der Waals surface area contributed by atoms with Gasteiger partial charge >= 0.3 is 0 Å². The van der Waals surface area contributed by atoms with Crippen molar-refractivity contribution in [2.45, 2.75) is 33.7 Å². The zero-order valence-corrected chi connectivity index (χ0v) is 9.88. The van der Waals surface area contributed by atoms with Gasteiger partial charge in [0.05, 0.1) is 23.1 Å². The van der Waals surface area contributed by atoms with Crippen LogP contribution in [0.5, 0.6) is 0 Å². The van der Waals surface area contributed by atoms with Crippen LogP contribution in [0.3, 0.4) is 0 Å². The van der Waals surface area contributed by atoms with Crippen molar-refractivity contribution in [3.8, 4) is 0 Å². The molecule has 0 bridgehead atoms. The molecular formula is C11H17N3O2. The molecule has 1 aromatic rings. The fourth-order valence-corrected chi connectivity index (χ4v) is 1.46. The van der Waals surface area contributed by atoms with E-state index in [0.29, 0.717) is 0 Å². The van der Waals surface area contributed by atoms with Crippen LogP contribution in [0.4, 0.5) is 0 Å². The van der Waals surface area contributed by atoms with Crippen molar-refractivity contribution in [1.82, 2.24) is 9.55 Å². The van der Waals surface area contributed by atoms with Gasteiger partial charge in [-0.3, -0.25) is 10.1 Å². The van der Waals surface area contributed by atoms with Crippen LogP contribution in [-0.2, 0) is 6.54 Å². The smallest absolute Gasteiger partial charge is 0.250 e. The summed E-state index contributed by atoms with van der Waals surface area (Å²) in [6.07, 6.45) is 5.94. The molecule has 1 rings (SSSR count). The van der Waals surface area contributed by atoms with Crippen LogP contribution in [-0.4, -0.2) is 14.5 Å². The lowest BCUT2D eigenvalue weighted by Crippen LogP contribution is -2.06. The van der Waals surface area contributed by atoms with Gasteiger partial charge in [0.15, 0.2) is 0 Å². The van der Waals surface area contributed by atoms with Gasteiger partial charge in [0.25, 0.3) is 5.70 Å². The molecule has 0 atom stereocenters.